The summed E-state index contributed by atoms with van der Waals surface area (Å²) < 4.78 is 12.7. The highest BCUT2D eigenvalue weighted by Crippen LogP contribution is 2.56. The lowest BCUT2D eigenvalue weighted by molar-refractivity contribution is -0.130. The van der Waals surface area contributed by atoms with Gasteiger partial charge in [-0.1, -0.05) is 49.0 Å². The van der Waals surface area contributed by atoms with E-state index in [0.29, 0.717) is 22.8 Å². The van der Waals surface area contributed by atoms with E-state index < -0.39 is 0 Å². The maximum absolute atomic E-state index is 14.0. The number of carbonyl (C=O) groups excluding carboxylic acids is 1. The van der Waals surface area contributed by atoms with Gasteiger partial charge in [0.05, 0.1) is 12.0 Å². The highest BCUT2D eigenvalue weighted by atomic mass is 32.2. The number of thioether (sulfide) groups is 1. The summed E-state index contributed by atoms with van der Waals surface area (Å²) in [6, 6.07) is 10.5. The molecule has 6 fully saturated rings. The SMILES string of the molecule is COc1cccc(-c2cc(CCCCCN3CCCCC3)c(/C=C3\SC(=S)N(C4C5CC6CC(C5)CC4C6)C3=O)o2)c1. The molecule has 5 nitrogen and oxygen atoms in total. The van der Waals surface area contributed by atoms with E-state index in [1.165, 1.54) is 101 Å². The van der Waals surface area contributed by atoms with Gasteiger partial charge in [0, 0.05) is 17.7 Å². The van der Waals surface area contributed by atoms with Crippen LogP contribution in [0.25, 0.3) is 17.4 Å². The third kappa shape index (κ3) is 5.86. The number of methoxy groups -OCH3 is 1. The van der Waals surface area contributed by atoms with Crippen molar-refractivity contribution in [1.82, 2.24) is 9.80 Å². The van der Waals surface area contributed by atoms with Crippen LogP contribution in [-0.2, 0) is 11.2 Å². The average molecular weight is 605 g/mol. The maximum Gasteiger partial charge on any atom is 0.266 e. The van der Waals surface area contributed by atoms with Gasteiger partial charge >= 0.3 is 0 Å². The zero-order chi connectivity index (χ0) is 28.6. The standard InChI is InChI=1S/C35H44N2O3S2/c1-39-29-11-8-10-25(20-29)30-21-26(9-4-2-5-12-36-13-6-3-7-14-36)31(40-30)22-32-34(38)37(35(41)42-32)33-27-16-23-15-24(18-27)19-28(33)17-23/h8,10-11,20-24,27-28,33H,2-7,9,12-19H2,1H3/b32-22-. The molecule has 2 aromatic rings. The minimum Gasteiger partial charge on any atom is -0.497 e. The molecule has 2 saturated heterocycles. The van der Waals surface area contributed by atoms with Crippen molar-refractivity contribution in [3.63, 3.8) is 0 Å². The van der Waals surface area contributed by atoms with Crippen LogP contribution in [0.1, 0.15) is 82.0 Å². The number of furan rings is 1. The lowest BCUT2D eigenvalue weighted by Crippen LogP contribution is -2.57. The fraction of sp³-hybridized carbons (Fsp3) is 0.600. The summed E-state index contributed by atoms with van der Waals surface area (Å²) in [6.45, 7) is 3.73. The van der Waals surface area contributed by atoms with Crippen LogP contribution >= 0.6 is 24.0 Å². The Morgan fingerprint density at radius 1 is 1.00 bits per heavy atom. The molecule has 2 aliphatic heterocycles. The van der Waals surface area contributed by atoms with Gasteiger partial charge in [0.25, 0.3) is 5.91 Å². The number of unbranched alkanes of at least 4 members (excludes halogenated alkanes) is 2. The fourth-order valence-corrected chi connectivity index (χ4v) is 10.2. The number of rotatable bonds is 10. The fourth-order valence-electron chi connectivity index (χ4n) is 8.86. The number of thiocarbonyl (C=S) groups is 1. The van der Waals surface area contributed by atoms with Gasteiger partial charge in [-0.3, -0.25) is 9.69 Å². The Balaban J connectivity index is 1.09. The summed E-state index contributed by atoms with van der Waals surface area (Å²) in [4.78, 5) is 19.3. The number of hydrogen-bond acceptors (Lipinski definition) is 6. The number of piperidine rings is 1. The Morgan fingerprint density at radius 3 is 2.50 bits per heavy atom. The number of carbonyl (C=O) groups is 1. The predicted octanol–water partition coefficient (Wildman–Crippen LogP) is 8.18. The van der Waals surface area contributed by atoms with Crippen LogP contribution < -0.4 is 4.74 Å². The van der Waals surface area contributed by atoms with Gasteiger partial charge in [0.2, 0.25) is 0 Å². The first-order valence-electron chi connectivity index (χ1n) is 16.3. The monoisotopic (exact) mass is 604 g/mol. The first-order valence-corrected chi connectivity index (χ1v) is 17.5. The Morgan fingerprint density at radius 2 is 1.76 bits per heavy atom. The second-order valence-electron chi connectivity index (χ2n) is 13.4. The molecule has 1 amide bonds. The summed E-state index contributed by atoms with van der Waals surface area (Å²) in [7, 11) is 1.69. The Bertz CT molecular complexity index is 1320. The summed E-state index contributed by atoms with van der Waals surface area (Å²) >= 11 is 7.36. The molecule has 4 bridgehead atoms. The van der Waals surface area contributed by atoms with Gasteiger partial charge in [0.1, 0.15) is 21.6 Å². The van der Waals surface area contributed by atoms with Crippen molar-refractivity contribution in [1.29, 1.82) is 0 Å². The summed E-state index contributed by atoms with van der Waals surface area (Å²) in [6.07, 6.45) is 17.1. The highest BCUT2D eigenvalue weighted by Gasteiger charge is 2.53. The van der Waals surface area contributed by atoms with Crippen LogP contribution in [0.5, 0.6) is 5.75 Å². The molecule has 42 heavy (non-hydrogen) atoms. The number of benzene rings is 1. The molecule has 224 valence electrons. The van der Waals surface area contributed by atoms with Crippen molar-refractivity contribution in [3.8, 4) is 17.1 Å². The lowest BCUT2D eigenvalue weighted by Gasteiger charge is -2.56. The van der Waals surface area contributed by atoms with E-state index in [1.54, 1.807) is 7.11 Å². The normalized spacial score (nSPS) is 30.2. The molecule has 6 aliphatic rings. The zero-order valence-electron chi connectivity index (χ0n) is 24.9. The minimum absolute atomic E-state index is 0.0919. The van der Waals surface area contributed by atoms with Crippen LogP contribution in [0.2, 0.25) is 0 Å². The minimum atomic E-state index is 0.0919. The predicted molar refractivity (Wildman–Crippen MR) is 174 cm³/mol. The smallest absolute Gasteiger partial charge is 0.266 e. The van der Waals surface area contributed by atoms with Crippen LogP contribution in [0.15, 0.2) is 39.7 Å². The molecule has 7 heteroatoms. The summed E-state index contributed by atoms with van der Waals surface area (Å²) in [5.74, 6) is 5.50. The van der Waals surface area contributed by atoms with Crippen molar-refractivity contribution in [2.24, 2.45) is 23.7 Å². The van der Waals surface area contributed by atoms with E-state index in [1.807, 2.05) is 29.2 Å². The number of aryl methyl sites for hydroxylation is 1. The molecule has 0 radical (unpaired) electrons. The van der Waals surface area contributed by atoms with E-state index in [0.717, 1.165) is 51.8 Å². The van der Waals surface area contributed by atoms with Gasteiger partial charge < -0.3 is 14.1 Å². The van der Waals surface area contributed by atoms with Crippen LogP contribution in [0, 0.1) is 23.7 Å². The van der Waals surface area contributed by atoms with Crippen LogP contribution in [-0.4, -0.2) is 52.8 Å². The summed E-state index contributed by atoms with van der Waals surface area (Å²) in [5, 5.41) is 0. The number of likely N-dealkylation sites (tertiary alicyclic amines) is 1. The largest absolute Gasteiger partial charge is 0.497 e. The van der Waals surface area contributed by atoms with E-state index in [2.05, 4.69) is 17.0 Å². The molecular weight excluding hydrogens is 561 g/mol. The number of nitrogens with zero attached hydrogens (tertiary/aromatic N) is 2. The molecule has 0 spiro atoms. The molecule has 1 aromatic heterocycles. The van der Waals surface area contributed by atoms with E-state index in [9.17, 15) is 4.79 Å². The van der Waals surface area contributed by atoms with Gasteiger partial charge in [-0.05, 0) is 131 Å². The van der Waals surface area contributed by atoms with Gasteiger partial charge in [0.15, 0.2) is 0 Å². The molecule has 0 N–H and O–H groups in total. The quantitative estimate of drug-likeness (QED) is 0.155. The number of hydrogen-bond donors (Lipinski definition) is 0. The zero-order valence-corrected chi connectivity index (χ0v) is 26.5. The second-order valence-corrected chi connectivity index (χ2v) is 15.1. The highest BCUT2D eigenvalue weighted by molar-refractivity contribution is 8.26. The molecule has 1 aromatic carbocycles. The van der Waals surface area contributed by atoms with Crippen molar-refractivity contribution >= 4 is 40.3 Å². The van der Waals surface area contributed by atoms with Gasteiger partial charge in [-0.2, -0.15) is 0 Å². The van der Waals surface area contributed by atoms with E-state index >= 15 is 0 Å². The van der Waals surface area contributed by atoms with Gasteiger partial charge in [-0.15, -0.1) is 0 Å². The maximum atomic E-state index is 14.0. The van der Waals surface area contributed by atoms with E-state index in [-0.39, 0.29) is 5.91 Å². The molecule has 8 rings (SSSR count). The molecule has 0 atom stereocenters. The van der Waals surface area contributed by atoms with Crippen molar-refractivity contribution in [2.75, 3.05) is 26.7 Å². The molecular formula is C35H44N2O3S2. The van der Waals surface area contributed by atoms with Crippen LogP contribution in [0.3, 0.4) is 0 Å². The van der Waals surface area contributed by atoms with Crippen molar-refractivity contribution in [2.45, 2.75) is 83.1 Å². The first kappa shape index (κ1) is 28.7. The Hall–Kier alpha value is -2.09. The number of amides is 1. The molecule has 0 unspecified atom stereocenters. The lowest BCUT2D eigenvalue weighted by atomic mass is 9.54. The van der Waals surface area contributed by atoms with Crippen LogP contribution in [0.4, 0.5) is 0 Å². The average Bonchev–Trinajstić information content (AvgIpc) is 3.52. The van der Waals surface area contributed by atoms with Gasteiger partial charge in [-0.25, -0.2) is 0 Å². The Labute approximate surface area is 260 Å². The molecule has 4 aliphatic carbocycles. The summed E-state index contributed by atoms with van der Waals surface area (Å²) in [5.41, 5.74) is 2.16. The van der Waals surface area contributed by atoms with Crippen molar-refractivity contribution in [3.05, 3.63) is 46.6 Å². The first-order chi connectivity index (χ1) is 20.6. The second kappa shape index (κ2) is 12.5. The third-order valence-electron chi connectivity index (χ3n) is 10.6. The molecule has 4 saturated carbocycles. The number of ether oxygens (including phenoxy) is 1. The topological polar surface area (TPSA) is 45.9 Å². The third-order valence-corrected chi connectivity index (χ3v) is 12.0. The molecule has 3 heterocycles. The van der Waals surface area contributed by atoms with Crippen molar-refractivity contribution < 1.29 is 13.9 Å². The Kier molecular flexibility index (Phi) is 8.53. The van der Waals surface area contributed by atoms with E-state index in [4.69, 9.17) is 21.4 Å².